The van der Waals surface area contributed by atoms with E-state index in [9.17, 15) is 15.2 Å². The lowest BCUT2D eigenvalue weighted by atomic mass is 9.47. The van der Waals surface area contributed by atoms with Gasteiger partial charge in [0.15, 0.2) is 11.2 Å². The highest BCUT2D eigenvalue weighted by Gasteiger charge is 2.67. The molecule has 0 unspecified atom stereocenters. The molecule has 6 aromatic rings. The number of ether oxygens (including phenoxy) is 1. The number of methoxy groups -OCH3 is 1. The summed E-state index contributed by atoms with van der Waals surface area (Å²) in [6, 6.07) is 43.9. The number of rotatable bonds is 6. The van der Waals surface area contributed by atoms with Crippen LogP contribution in [0.4, 0.5) is 0 Å². The van der Waals surface area contributed by atoms with Crippen molar-refractivity contribution in [2.24, 2.45) is 11.3 Å². The van der Waals surface area contributed by atoms with E-state index in [1.54, 1.807) is 6.07 Å². The Kier molecular flexibility index (Phi) is 8.74. The van der Waals surface area contributed by atoms with Gasteiger partial charge < -0.3 is 9.84 Å². The summed E-state index contributed by atoms with van der Waals surface area (Å²) in [5.74, 6) is -4.41. The van der Waals surface area contributed by atoms with E-state index in [1.807, 2.05) is 127 Å². The van der Waals surface area contributed by atoms with E-state index in [0.717, 1.165) is 26.0 Å². The quantitative estimate of drug-likeness (QED) is 0.135. The van der Waals surface area contributed by atoms with Gasteiger partial charge in [-0.05, 0) is 81.1 Å². The summed E-state index contributed by atoms with van der Waals surface area (Å²) in [5.41, 5.74) is -1.61. The van der Waals surface area contributed by atoms with Crippen molar-refractivity contribution in [3.8, 4) is 6.07 Å². The first-order valence-electron chi connectivity index (χ1n) is 15.9. The normalized spacial score (nSPS) is 23.5. The van der Waals surface area contributed by atoms with Crippen LogP contribution in [0.1, 0.15) is 45.3 Å². The molecule has 6 aromatic carbocycles. The van der Waals surface area contributed by atoms with Gasteiger partial charge in [0.1, 0.15) is 5.60 Å². The molecule has 5 atom stereocenters. The molecule has 7 heteroatoms. The molecule has 0 radical (unpaired) electrons. The number of aliphatic hydroxyl groups is 1. The second-order valence-corrected chi connectivity index (χ2v) is 14.5. The zero-order valence-corrected chi connectivity index (χ0v) is 29.7. The monoisotopic (exact) mass is 771 g/mol. The minimum Gasteiger partial charge on any atom is -0.468 e. The summed E-state index contributed by atoms with van der Waals surface area (Å²) in [6.45, 7) is 0. The summed E-state index contributed by atoms with van der Waals surface area (Å²) in [4.78, 5) is 29.7. The fraction of sp³-hybridized carbons (Fsp3) is 0.167. The molecular formula is C42H31Br2NO4. The van der Waals surface area contributed by atoms with Crippen LogP contribution >= 0.6 is 31.9 Å². The SMILES string of the molecule is COC(=O)[C@@]1(C#N)[C@H](c2cccc(Br)c2)[C@H](C(=O)c2ccc3ccccc3c2)[C@@](O)(c2ccc3ccccc3c2)C[C@H]1c1cccc(Br)c1. The molecule has 49 heavy (non-hydrogen) atoms. The van der Waals surface area contributed by atoms with Crippen LogP contribution in [-0.2, 0) is 15.1 Å². The number of hydrogen-bond acceptors (Lipinski definition) is 5. The smallest absolute Gasteiger partial charge is 0.327 e. The Morgan fingerprint density at radius 1 is 0.735 bits per heavy atom. The number of hydrogen-bond donors (Lipinski definition) is 1. The number of carbonyl (C=O) groups is 2. The lowest BCUT2D eigenvalue weighted by Crippen LogP contribution is -2.59. The van der Waals surface area contributed by atoms with Gasteiger partial charge in [0.2, 0.25) is 0 Å². The highest BCUT2D eigenvalue weighted by atomic mass is 79.9. The van der Waals surface area contributed by atoms with Crippen LogP contribution in [0.25, 0.3) is 21.5 Å². The molecule has 0 bridgehead atoms. The topological polar surface area (TPSA) is 87.4 Å². The largest absolute Gasteiger partial charge is 0.468 e. The molecule has 0 spiro atoms. The minimum absolute atomic E-state index is 0.0983. The van der Waals surface area contributed by atoms with Gasteiger partial charge in [-0.2, -0.15) is 5.26 Å². The fourth-order valence-corrected chi connectivity index (χ4v) is 8.73. The lowest BCUT2D eigenvalue weighted by molar-refractivity contribution is -0.162. The first-order chi connectivity index (χ1) is 23.7. The fourth-order valence-electron chi connectivity index (χ4n) is 7.89. The third-order valence-corrected chi connectivity index (χ3v) is 11.1. The standard InChI is InChI=1S/C42H31Br2NO4/c1-49-40(47)41(25-45)36(30-12-6-14-34(43)22-30)24-42(48,33-19-18-27-9-3-5-11-29(27)21-33)38(37(41)31-13-7-15-35(44)23-31)39(46)32-17-16-26-8-2-4-10-28(26)20-32/h2-23,36-38,48H,24H2,1H3/t36-,37+,38+,41+,42-/m0/s1. The minimum atomic E-state index is -1.91. The summed E-state index contributed by atoms with van der Waals surface area (Å²) < 4.78 is 6.95. The van der Waals surface area contributed by atoms with Gasteiger partial charge in [0.05, 0.1) is 19.1 Å². The van der Waals surface area contributed by atoms with E-state index in [4.69, 9.17) is 4.74 Å². The molecule has 1 aliphatic carbocycles. The zero-order chi connectivity index (χ0) is 34.3. The van der Waals surface area contributed by atoms with Crippen molar-refractivity contribution < 1.29 is 19.4 Å². The van der Waals surface area contributed by atoms with Crippen LogP contribution in [0.15, 0.2) is 142 Å². The zero-order valence-electron chi connectivity index (χ0n) is 26.5. The summed E-state index contributed by atoms with van der Waals surface area (Å²) in [5, 5.41) is 28.6. The Hall–Kier alpha value is -4.61. The van der Waals surface area contributed by atoms with Crippen molar-refractivity contribution in [1.29, 1.82) is 5.26 Å². The van der Waals surface area contributed by atoms with E-state index in [-0.39, 0.29) is 12.2 Å². The Bertz CT molecular complexity index is 2300. The second kappa shape index (κ2) is 13.0. The Morgan fingerprint density at radius 2 is 1.31 bits per heavy atom. The predicted octanol–water partition coefficient (Wildman–Crippen LogP) is 9.86. The molecule has 7 rings (SSSR count). The number of nitrogens with zero attached hydrogens (tertiary/aromatic N) is 1. The maximum atomic E-state index is 15.3. The molecule has 242 valence electrons. The molecular weight excluding hydrogens is 742 g/mol. The third-order valence-electron chi connectivity index (χ3n) is 10.1. The van der Waals surface area contributed by atoms with Crippen LogP contribution in [-0.4, -0.2) is 24.0 Å². The maximum Gasteiger partial charge on any atom is 0.327 e. The molecule has 0 saturated heterocycles. The first kappa shape index (κ1) is 32.9. The number of ketones is 1. The molecule has 1 aliphatic rings. The van der Waals surface area contributed by atoms with Crippen molar-refractivity contribution in [1.82, 2.24) is 0 Å². The highest BCUT2D eigenvalue weighted by Crippen LogP contribution is 2.64. The average molecular weight is 774 g/mol. The van der Waals surface area contributed by atoms with Gasteiger partial charge >= 0.3 is 5.97 Å². The van der Waals surface area contributed by atoms with Gasteiger partial charge in [-0.1, -0.05) is 129 Å². The van der Waals surface area contributed by atoms with Crippen molar-refractivity contribution in [2.75, 3.05) is 7.11 Å². The number of esters is 1. The lowest BCUT2D eigenvalue weighted by Gasteiger charge is -2.54. The molecule has 0 aliphatic heterocycles. The molecule has 1 N–H and O–H groups in total. The van der Waals surface area contributed by atoms with E-state index >= 15 is 4.79 Å². The van der Waals surface area contributed by atoms with Crippen molar-refractivity contribution in [3.05, 3.63) is 165 Å². The van der Waals surface area contributed by atoms with Crippen LogP contribution in [0.3, 0.4) is 0 Å². The molecule has 1 fully saturated rings. The number of halogens is 2. The van der Waals surface area contributed by atoms with Crippen LogP contribution < -0.4 is 0 Å². The Balaban J connectivity index is 1.58. The number of nitriles is 1. The van der Waals surface area contributed by atoms with E-state index in [2.05, 4.69) is 37.9 Å². The Labute approximate surface area is 301 Å². The highest BCUT2D eigenvalue weighted by molar-refractivity contribution is 9.10. The molecule has 0 aromatic heterocycles. The Morgan fingerprint density at radius 3 is 1.92 bits per heavy atom. The summed E-state index contributed by atoms with van der Waals surface area (Å²) >= 11 is 7.16. The summed E-state index contributed by atoms with van der Waals surface area (Å²) in [7, 11) is 1.27. The second-order valence-electron chi connectivity index (χ2n) is 12.7. The van der Waals surface area contributed by atoms with E-state index in [0.29, 0.717) is 26.7 Å². The van der Waals surface area contributed by atoms with Crippen molar-refractivity contribution in [3.63, 3.8) is 0 Å². The van der Waals surface area contributed by atoms with Crippen LogP contribution in [0.5, 0.6) is 0 Å². The van der Waals surface area contributed by atoms with Gasteiger partial charge in [-0.3, -0.25) is 9.59 Å². The molecule has 5 nitrogen and oxygen atoms in total. The number of benzene rings is 6. The van der Waals surface area contributed by atoms with E-state index < -0.39 is 34.7 Å². The van der Waals surface area contributed by atoms with Crippen LogP contribution in [0, 0.1) is 22.7 Å². The molecule has 0 heterocycles. The number of carbonyl (C=O) groups excluding carboxylic acids is 2. The summed E-state index contributed by atoms with van der Waals surface area (Å²) in [6.07, 6.45) is -0.0983. The van der Waals surface area contributed by atoms with Crippen molar-refractivity contribution >= 4 is 65.2 Å². The predicted molar refractivity (Wildman–Crippen MR) is 198 cm³/mol. The number of fused-ring (bicyclic) bond motifs is 2. The van der Waals surface area contributed by atoms with Gasteiger partial charge in [0.25, 0.3) is 0 Å². The number of Topliss-reactive ketones (excluding diaryl/α,β-unsaturated/α-hetero) is 1. The first-order valence-corrected chi connectivity index (χ1v) is 17.5. The van der Waals surface area contributed by atoms with E-state index in [1.165, 1.54) is 7.11 Å². The van der Waals surface area contributed by atoms with Gasteiger partial charge in [-0.15, -0.1) is 0 Å². The third kappa shape index (κ3) is 5.58. The van der Waals surface area contributed by atoms with Crippen LogP contribution in [0.2, 0.25) is 0 Å². The van der Waals surface area contributed by atoms with Gasteiger partial charge in [0, 0.05) is 26.3 Å². The van der Waals surface area contributed by atoms with Gasteiger partial charge in [-0.25, -0.2) is 0 Å². The maximum absolute atomic E-state index is 15.3. The molecule has 1 saturated carbocycles. The van der Waals surface area contributed by atoms with Crippen molar-refractivity contribution in [2.45, 2.75) is 23.9 Å². The average Bonchev–Trinajstić information content (AvgIpc) is 3.13. The molecule has 0 amide bonds.